The fraction of sp³-hybridized carbons (Fsp3) is 0.296. The summed E-state index contributed by atoms with van der Waals surface area (Å²) in [5, 5.41) is 4.91. The summed E-state index contributed by atoms with van der Waals surface area (Å²) in [5.41, 5.74) is 1.29. The van der Waals surface area contributed by atoms with Gasteiger partial charge in [-0.1, -0.05) is 42.5 Å². The Kier molecular flexibility index (Phi) is 7.42. The highest BCUT2D eigenvalue weighted by Crippen LogP contribution is 2.25. The highest BCUT2D eigenvalue weighted by Gasteiger charge is 2.28. The molecule has 0 aliphatic carbocycles. The van der Waals surface area contributed by atoms with Crippen molar-refractivity contribution in [2.75, 3.05) is 31.6 Å². The summed E-state index contributed by atoms with van der Waals surface area (Å²) in [6, 6.07) is 20.5. The van der Waals surface area contributed by atoms with Crippen LogP contribution in [-0.2, 0) is 14.3 Å². The van der Waals surface area contributed by atoms with Crippen LogP contribution < -0.4 is 10.1 Å². The van der Waals surface area contributed by atoms with Crippen LogP contribution in [0.5, 0.6) is 5.75 Å². The minimum Gasteiger partial charge on any atom is -0.482 e. The Balaban J connectivity index is 1.32. The standard InChI is InChI=1S/C27H28N2O5/c1-2-33-25(30)18-34-22-10-6-9-21(17-22)28-26(31)20-13-15-29(16-14-20)27(32)24-12-5-8-19-7-3-4-11-23(19)24/h3-12,17,20H,2,13-16,18H2,1H3,(H,28,31). The lowest BCUT2D eigenvalue weighted by atomic mass is 9.94. The van der Waals surface area contributed by atoms with Crippen LogP contribution in [0.2, 0.25) is 0 Å². The Bertz CT molecular complexity index is 1180. The first-order chi connectivity index (χ1) is 16.5. The number of rotatable bonds is 7. The minimum atomic E-state index is -0.443. The second-order valence-corrected chi connectivity index (χ2v) is 8.20. The van der Waals surface area contributed by atoms with Crippen molar-refractivity contribution in [3.8, 4) is 5.75 Å². The van der Waals surface area contributed by atoms with Crippen LogP contribution in [-0.4, -0.2) is 49.0 Å². The molecule has 2 amide bonds. The van der Waals surface area contributed by atoms with E-state index in [2.05, 4.69) is 5.32 Å². The van der Waals surface area contributed by atoms with Gasteiger partial charge in [-0.3, -0.25) is 9.59 Å². The summed E-state index contributed by atoms with van der Waals surface area (Å²) < 4.78 is 10.3. The van der Waals surface area contributed by atoms with Gasteiger partial charge in [0.2, 0.25) is 5.91 Å². The van der Waals surface area contributed by atoms with E-state index in [1.165, 1.54) is 0 Å². The van der Waals surface area contributed by atoms with E-state index in [0.717, 1.165) is 10.8 Å². The predicted octanol–water partition coefficient (Wildman–Crippen LogP) is 4.27. The van der Waals surface area contributed by atoms with Gasteiger partial charge in [-0.15, -0.1) is 0 Å². The predicted molar refractivity (Wildman–Crippen MR) is 130 cm³/mol. The van der Waals surface area contributed by atoms with E-state index >= 15 is 0 Å². The zero-order chi connectivity index (χ0) is 23.9. The summed E-state index contributed by atoms with van der Waals surface area (Å²) >= 11 is 0. The number of ether oxygens (including phenoxy) is 2. The molecule has 0 radical (unpaired) electrons. The first kappa shape index (κ1) is 23.3. The molecule has 0 spiro atoms. The molecular weight excluding hydrogens is 432 g/mol. The van der Waals surface area contributed by atoms with Gasteiger partial charge < -0.3 is 19.7 Å². The van der Waals surface area contributed by atoms with Crippen LogP contribution in [0.3, 0.4) is 0 Å². The average molecular weight is 461 g/mol. The summed E-state index contributed by atoms with van der Waals surface area (Å²) in [6.45, 7) is 2.91. The van der Waals surface area contributed by atoms with Gasteiger partial charge >= 0.3 is 5.97 Å². The van der Waals surface area contributed by atoms with Crippen LogP contribution in [0.4, 0.5) is 5.69 Å². The van der Waals surface area contributed by atoms with Crippen LogP contribution in [0.15, 0.2) is 66.7 Å². The number of anilines is 1. The number of hydrogen-bond donors (Lipinski definition) is 1. The molecule has 3 aromatic carbocycles. The molecule has 34 heavy (non-hydrogen) atoms. The van der Waals surface area contributed by atoms with Crippen molar-refractivity contribution in [3.05, 3.63) is 72.3 Å². The van der Waals surface area contributed by atoms with Crippen molar-refractivity contribution in [1.82, 2.24) is 4.90 Å². The van der Waals surface area contributed by atoms with Crippen LogP contribution in [0, 0.1) is 5.92 Å². The number of hydrogen-bond acceptors (Lipinski definition) is 5. The number of esters is 1. The SMILES string of the molecule is CCOC(=O)COc1cccc(NC(=O)C2CCN(C(=O)c3cccc4ccccc34)CC2)c1. The first-order valence-electron chi connectivity index (χ1n) is 11.5. The van der Waals surface area contributed by atoms with Gasteiger partial charge in [0.15, 0.2) is 6.61 Å². The summed E-state index contributed by atoms with van der Waals surface area (Å²) in [6.07, 6.45) is 1.20. The average Bonchev–Trinajstić information content (AvgIpc) is 2.87. The van der Waals surface area contributed by atoms with Crippen molar-refractivity contribution < 1.29 is 23.9 Å². The number of carbonyl (C=O) groups excluding carboxylic acids is 3. The van der Waals surface area contributed by atoms with E-state index in [1.54, 1.807) is 31.2 Å². The van der Waals surface area contributed by atoms with Crippen molar-refractivity contribution >= 4 is 34.2 Å². The molecule has 0 saturated carbocycles. The largest absolute Gasteiger partial charge is 0.482 e. The summed E-state index contributed by atoms with van der Waals surface area (Å²) in [7, 11) is 0. The number of likely N-dealkylation sites (tertiary alicyclic amines) is 1. The molecule has 3 aromatic rings. The quantitative estimate of drug-likeness (QED) is 0.532. The molecule has 0 atom stereocenters. The molecule has 1 aliphatic rings. The number of fused-ring (bicyclic) bond motifs is 1. The Labute approximate surface area is 198 Å². The highest BCUT2D eigenvalue weighted by molar-refractivity contribution is 6.07. The fourth-order valence-corrected chi connectivity index (χ4v) is 4.18. The number of nitrogens with one attached hydrogen (secondary N) is 1. The number of carbonyl (C=O) groups is 3. The molecule has 176 valence electrons. The Hall–Kier alpha value is -3.87. The van der Waals surface area contributed by atoms with Gasteiger partial charge in [0.05, 0.1) is 6.61 Å². The molecule has 1 saturated heterocycles. The third-order valence-corrected chi connectivity index (χ3v) is 5.94. The lowest BCUT2D eigenvalue weighted by Gasteiger charge is -2.31. The second-order valence-electron chi connectivity index (χ2n) is 8.20. The second kappa shape index (κ2) is 10.8. The maximum absolute atomic E-state index is 13.1. The number of benzene rings is 3. The fourth-order valence-electron chi connectivity index (χ4n) is 4.18. The monoisotopic (exact) mass is 460 g/mol. The molecule has 7 nitrogen and oxygen atoms in total. The number of nitrogens with zero attached hydrogens (tertiary/aromatic N) is 1. The van der Waals surface area contributed by atoms with E-state index in [1.807, 2.05) is 47.4 Å². The number of piperidine rings is 1. The maximum atomic E-state index is 13.1. The van der Waals surface area contributed by atoms with Crippen LogP contribution in [0.1, 0.15) is 30.1 Å². The third-order valence-electron chi connectivity index (χ3n) is 5.94. The van der Waals surface area contributed by atoms with E-state index in [4.69, 9.17) is 9.47 Å². The van der Waals surface area contributed by atoms with E-state index in [9.17, 15) is 14.4 Å². The zero-order valence-electron chi connectivity index (χ0n) is 19.2. The Morgan fingerprint density at radius 3 is 2.50 bits per heavy atom. The van der Waals surface area contributed by atoms with Crippen LogP contribution >= 0.6 is 0 Å². The Morgan fingerprint density at radius 2 is 1.71 bits per heavy atom. The molecule has 1 heterocycles. The lowest BCUT2D eigenvalue weighted by Crippen LogP contribution is -2.41. The molecule has 1 aliphatic heterocycles. The van der Waals surface area contributed by atoms with Gasteiger partial charge in [0, 0.05) is 36.3 Å². The maximum Gasteiger partial charge on any atom is 0.344 e. The normalized spacial score (nSPS) is 14.0. The molecule has 0 bridgehead atoms. The molecule has 4 rings (SSSR count). The van der Waals surface area contributed by atoms with Crippen molar-refractivity contribution in [3.63, 3.8) is 0 Å². The first-order valence-corrected chi connectivity index (χ1v) is 11.5. The van der Waals surface area contributed by atoms with Crippen molar-refractivity contribution in [1.29, 1.82) is 0 Å². The van der Waals surface area contributed by atoms with Crippen LogP contribution in [0.25, 0.3) is 10.8 Å². The van der Waals surface area contributed by atoms with Gasteiger partial charge in [0.25, 0.3) is 5.91 Å². The number of amides is 2. The molecular formula is C27H28N2O5. The molecule has 1 N–H and O–H groups in total. The van der Waals surface area contributed by atoms with Crippen molar-refractivity contribution in [2.45, 2.75) is 19.8 Å². The third kappa shape index (κ3) is 5.54. The lowest BCUT2D eigenvalue weighted by molar-refractivity contribution is -0.145. The minimum absolute atomic E-state index is 0.00195. The van der Waals surface area contributed by atoms with E-state index in [0.29, 0.717) is 49.5 Å². The summed E-state index contributed by atoms with van der Waals surface area (Å²) in [5.74, 6) is -0.231. The zero-order valence-corrected chi connectivity index (χ0v) is 19.2. The van der Waals surface area contributed by atoms with E-state index < -0.39 is 5.97 Å². The molecule has 1 fully saturated rings. The molecule has 0 aromatic heterocycles. The van der Waals surface area contributed by atoms with Gasteiger partial charge in [-0.2, -0.15) is 0 Å². The van der Waals surface area contributed by atoms with Gasteiger partial charge in [-0.25, -0.2) is 4.79 Å². The van der Waals surface area contributed by atoms with Crippen molar-refractivity contribution in [2.24, 2.45) is 5.92 Å². The topological polar surface area (TPSA) is 84.9 Å². The molecule has 7 heteroatoms. The van der Waals surface area contributed by atoms with Gasteiger partial charge in [-0.05, 0) is 48.7 Å². The smallest absolute Gasteiger partial charge is 0.344 e. The molecule has 0 unspecified atom stereocenters. The Morgan fingerprint density at radius 1 is 0.971 bits per heavy atom. The summed E-state index contributed by atoms with van der Waals surface area (Å²) in [4.78, 5) is 39.3. The van der Waals surface area contributed by atoms with Gasteiger partial charge in [0.1, 0.15) is 5.75 Å². The highest BCUT2D eigenvalue weighted by atomic mass is 16.6. The van der Waals surface area contributed by atoms with E-state index in [-0.39, 0.29) is 24.3 Å².